The molecule has 0 spiro atoms. The normalized spacial score (nSPS) is 15.8. The Morgan fingerprint density at radius 2 is 1.96 bits per heavy atom. The predicted octanol–water partition coefficient (Wildman–Crippen LogP) is 4.29. The van der Waals surface area contributed by atoms with E-state index in [0.29, 0.717) is 6.42 Å². The van der Waals surface area contributed by atoms with E-state index in [1.165, 1.54) is 5.69 Å². The monoisotopic (exact) mass is 375 g/mol. The second-order valence-electron chi connectivity index (χ2n) is 7.17. The summed E-state index contributed by atoms with van der Waals surface area (Å²) < 4.78 is 2.29. The summed E-state index contributed by atoms with van der Waals surface area (Å²) >= 11 is 0. The third kappa shape index (κ3) is 3.45. The maximum atomic E-state index is 11.9. The molecule has 3 aromatic rings. The van der Waals surface area contributed by atoms with Gasteiger partial charge in [-0.1, -0.05) is 18.2 Å². The second-order valence-corrected chi connectivity index (χ2v) is 7.17. The van der Waals surface area contributed by atoms with E-state index >= 15 is 0 Å². The van der Waals surface area contributed by atoms with Gasteiger partial charge in [-0.3, -0.25) is 4.98 Å². The summed E-state index contributed by atoms with van der Waals surface area (Å²) in [6.07, 6.45) is 8.17. The van der Waals surface area contributed by atoms with Crippen molar-refractivity contribution in [3.8, 4) is 11.3 Å². The maximum absolute atomic E-state index is 11.9. The molecule has 0 fully saturated rings. The van der Waals surface area contributed by atoms with Crippen LogP contribution in [0.3, 0.4) is 0 Å². The Kier molecular flexibility index (Phi) is 5.53. The highest BCUT2D eigenvalue weighted by Gasteiger charge is 2.31. The first kappa shape index (κ1) is 18.4. The van der Waals surface area contributed by atoms with Gasteiger partial charge in [0, 0.05) is 54.0 Å². The molecule has 2 aromatic heterocycles. The SMILES string of the molecule is O=CC1CCCc2c1c(Nc1ccccc1)c(-c1ccncc1)n2CCCO. The predicted molar refractivity (Wildman–Crippen MR) is 111 cm³/mol. The number of pyridine rings is 1. The number of carbonyl (C=O) groups excluding carboxylic acids is 1. The lowest BCUT2D eigenvalue weighted by Gasteiger charge is -2.21. The number of hydrogen-bond donors (Lipinski definition) is 2. The fraction of sp³-hybridized carbons (Fsp3) is 0.304. The van der Waals surface area contributed by atoms with Crippen molar-refractivity contribution >= 4 is 17.7 Å². The lowest BCUT2D eigenvalue weighted by Crippen LogP contribution is -2.14. The van der Waals surface area contributed by atoms with E-state index in [4.69, 9.17) is 0 Å². The van der Waals surface area contributed by atoms with E-state index in [0.717, 1.165) is 60.3 Å². The molecule has 1 aromatic carbocycles. The van der Waals surface area contributed by atoms with Crippen molar-refractivity contribution in [2.75, 3.05) is 11.9 Å². The Hall–Kier alpha value is -2.92. The third-order valence-corrected chi connectivity index (χ3v) is 5.41. The molecule has 2 N–H and O–H groups in total. The number of hydrogen-bond acceptors (Lipinski definition) is 4. The summed E-state index contributed by atoms with van der Waals surface area (Å²) in [5.74, 6) is -0.106. The Morgan fingerprint density at radius 1 is 1.18 bits per heavy atom. The van der Waals surface area contributed by atoms with Gasteiger partial charge in [0.25, 0.3) is 0 Å². The molecule has 5 nitrogen and oxygen atoms in total. The number of para-hydroxylation sites is 1. The number of benzene rings is 1. The smallest absolute Gasteiger partial charge is 0.127 e. The highest BCUT2D eigenvalue weighted by Crippen LogP contribution is 2.45. The number of nitrogens with zero attached hydrogens (tertiary/aromatic N) is 2. The molecule has 1 aliphatic rings. The number of aromatic nitrogens is 2. The van der Waals surface area contributed by atoms with E-state index < -0.39 is 0 Å². The average molecular weight is 375 g/mol. The zero-order valence-corrected chi connectivity index (χ0v) is 15.8. The van der Waals surface area contributed by atoms with Crippen LogP contribution in [-0.4, -0.2) is 27.6 Å². The Morgan fingerprint density at radius 3 is 2.68 bits per heavy atom. The molecule has 2 heterocycles. The molecular formula is C23H25N3O2. The van der Waals surface area contributed by atoms with E-state index in [2.05, 4.69) is 14.9 Å². The minimum Gasteiger partial charge on any atom is -0.396 e. The van der Waals surface area contributed by atoms with E-state index in [9.17, 15) is 9.90 Å². The minimum absolute atomic E-state index is 0.106. The first-order chi connectivity index (χ1) is 13.8. The molecule has 0 saturated heterocycles. The summed E-state index contributed by atoms with van der Waals surface area (Å²) in [5, 5.41) is 13.0. The number of anilines is 2. The van der Waals surface area contributed by atoms with Gasteiger partial charge in [-0.15, -0.1) is 0 Å². The molecule has 0 aliphatic heterocycles. The summed E-state index contributed by atoms with van der Waals surface area (Å²) in [5.41, 5.74) is 6.44. The van der Waals surface area contributed by atoms with E-state index in [1.54, 1.807) is 12.4 Å². The summed E-state index contributed by atoms with van der Waals surface area (Å²) in [7, 11) is 0. The van der Waals surface area contributed by atoms with Gasteiger partial charge in [-0.05, 0) is 49.9 Å². The van der Waals surface area contributed by atoms with Gasteiger partial charge in [0.1, 0.15) is 6.29 Å². The quantitative estimate of drug-likeness (QED) is 0.605. The van der Waals surface area contributed by atoms with Gasteiger partial charge < -0.3 is 19.8 Å². The molecular weight excluding hydrogens is 350 g/mol. The molecule has 0 radical (unpaired) electrons. The van der Waals surface area contributed by atoms with Crippen molar-refractivity contribution in [1.82, 2.24) is 9.55 Å². The lowest BCUT2D eigenvalue weighted by atomic mass is 9.86. The summed E-state index contributed by atoms with van der Waals surface area (Å²) in [4.78, 5) is 16.1. The molecule has 1 atom stereocenters. The number of aliphatic hydroxyl groups excluding tert-OH is 1. The molecule has 144 valence electrons. The highest BCUT2D eigenvalue weighted by atomic mass is 16.3. The number of aliphatic hydroxyl groups is 1. The van der Waals surface area contributed by atoms with Crippen LogP contribution >= 0.6 is 0 Å². The van der Waals surface area contributed by atoms with Crippen LogP contribution in [-0.2, 0) is 17.8 Å². The number of nitrogens with one attached hydrogen (secondary N) is 1. The lowest BCUT2D eigenvalue weighted by molar-refractivity contribution is -0.109. The van der Waals surface area contributed by atoms with Crippen LogP contribution in [0.15, 0.2) is 54.9 Å². The van der Waals surface area contributed by atoms with Gasteiger partial charge in [0.15, 0.2) is 0 Å². The van der Waals surface area contributed by atoms with Gasteiger partial charge in [0.2, 0.25) is 0 Å². The van der Waals surface area contributed by atoms with Crippen molar-refractivity contribution in [3.63, 3.8) is 0 Å². The third-order valence-electron chi connectivity index (χ3n) is 5.41. The zero-order chi connectivity index (χ0) is 19.3. The number of aldehydes is 1. The minimum atomic E-state index is -0.106. The number of carbonyl (C=O) groups is 1. The maximum Gasteiger partial charge on any atom is 0.127 e. The van der Waals surface area contributed by atoms with E-state index in [1.807, 2.05) is 42.5 Å². The van der Waals surface area contributed by atoms with E-state index in [-0.39, 0.29) is 12.5 Å². The fourth-order valence-corrected chi connectivity index (χ4v) is 4.20. The average Bonchev–Trinajstić information content (AvgIpc) is 3.07. The van der Waals surface area contributed by atoms with Gasteiger partial charge in [-0.2, -0.15) is 0 Å². The Bertz CT molecular complexity index is 935. The second kappa shape index (κ2) is 8.40. The molecule has 5 heteroatoms. The summed E-state index contributed by atoms with van der Waals surface area (Å²) in [6.45, 7) is 0.861. The van der Waals surface area contributed by atoms with Crippen LogP contribution in [0.25, 0.3) is 11.3 Å². The van der Waals surface area contributed by atoms with Crippen molar-refractivity contribution in [2.45, 2.75) is 38.1 Å². The largest absolute Gasteiger partial charge is 0.396 e. The van der Waals surface area contributed by atoms with Crippen LogP contribution in [0.4, 0.5) is 11.4 Å². The Labute approximate surface area is 165 Å². The van der Waals surface area contributed by atoms with Crippen LogP contribution in [0.1, 0.15) is 36.4 Å². The van der Waals surface area contributed by atoms with Crippen LogP contribution in [0, 0.1) is 0 Å². The molecule has 1 unspecified atom stereocenters. The fourth-order valence-electron chi connectivity index (χ4n) is 4.20. The first-order valence-electron chi connectivity index (χ1n) is 9.87. The van der Waals surface area contributed by atoms with Gasteiger partial charge in [0.05, 0.1) is 11.4 Å². The van der Waals surface area contributed by atoms with Crippen molar-refractivity contribution in [2.24, 2.45) is 0 Å². The Balaban J connectivity index is 1.94. The topological polar surface area (TPSA) is 67.2 Å². The molecule has 0 bridgehead atoms. The molecule has 4 rings (SSSR count). The zero-order valence-electron chi connectivity index (χ0n) is 15.8. The molecule has 28 heavy (non-hydrogen) atoms. The number of fused-ring (bicyclic) bond motifs is 1. The molecule has 0 amide bonds. The van der Waals surface area contributed by atoms with Crippen LogP contribution in [0.2, 0.25) is 0 Å². The first-order valence-corrected chi connectivity index (χ1v) is 9.87. The van der Waals surface area contributed by atoms with Crippen molar-refractivity contribution < 1.29 is 9.90 Å². The molecule has 1 aliphatic carbocycles. The van der Waals surface area contributed by atoms with Crippen molar-refractivity contribution in [1.29, 1.82) is 0 Å². The van der Waals surface area contributed by atoms with Gasteiger partial charge >= 0.3 is 0 Å². The number of rotatable bonds is 7. The standard InChI is InChI=1S/C23H25N3O2/c27-15-5-14-26-20-9-4-6-18(16-28)21(20)22(25-19-7-2-1-3-8-19)23(26)17-10-12-24-13-11-17/h1-3,7-8,10-13,16,18,25,27H,4-6,9,14-15H2. The highest BCUT2D eigenvalue weighted by molar-refractivity contribution is 5.86. The molecule has 0 saturated carbocycles. The van der Waals surface area contributed by atoms with Gasteiger partial charge in [-0.25, -0.2) is 0 Å². The van der Waals surface area contributed by atoms with Crippen LogP contribution < -0.4 is 5.32 Å². The van der Waals surface area contributed by atoms with Crippen molar-refractivity contribution in [3.05, 3.63) is 66.1 Å². The van der Waals surface area contributed by atoms with Crippen LogP contribution in [0.5, 0.6) is 0 Å². The summed E-state index contributed by atoms with van der Waals surface area (Å²) in [6, 6.07) is 14.1.